The third-order valence-corrected chi connectivity index (χ3v) is 4.76. The van der Waals surface area contributed by atoms with E-state index < -0.39 is 36.1 Å². The van der Waals surface area contributed by atoms with E-state index in [9.17, 15) is 18.8 Å². The molecular formula is C24H29FN2O7. The second-order valence-corrected chi connectivity index (χ2v) is 7.90. The van der Waals surface area contributed by atoms with Gasteiger partial charge in [-0.25, -0.2) is 14.2 Å². The van der Waals surface area contributed by atoms with Gasteiger partial charge >= 0.3 is 11.9 Å². The van der Waals surface area contributed by atoms with Crippen LogP contribution in [0.5, 0.6) is 17.2 Å². The van der Waals surface area contributed by atoms with E-state index in [2.05, 4.69) is 10.3 Å². The number of nitrogens with one attached hydrogen (secondary N) is 1. The zero-order valence-corrected chi connectivity index (χ0v) is 20.0. The predicted molar refractivity (Wildman–Crippen MR) is 120 cm³/mol. The number of nitrogens with zero attached hydrogens (tertiary/aromatic N) is 1. The Morgan fingerprint density at radius 2 is 1.68 bits per heavy atom. The molecule has 1 heterocycles. The molecule has 1 N–H and O–H groups in total. The molecule has 184 valence electrons. The third kappa shape index (κ3) is 7.16. The van der Waals surface area contributed by atoms with Crippen LogP contribution in [0.2, 0.25) is 0 Å². The van der Waals surface area contributed by atoms with Gasteiger partial charge in [-0.05, 0) is 44.0 Å². The number of hydrogen-bond acceptors (Lipinski definition) is 8. The van der Waals surface area contributed by atoms with Gasteiger partial charge < -0.3 is 24.3 Å². The van der Waals surface area contributed by atoms with Gasteiger partial charge in [-0.1, -0.05) is 13.8 Å². The Morgan fingerprint density at radius 3 is 2.24 bits per heavy atom. The summed E-state index contributed by atoms with van der Waals surface area (Å²) in [5.41, 5.74) is -0.220. The van der Waals surface area contributed by atoms with Crippen molar-refractivity contribution < 1.29 is 37.7 Å². The molecule has 0 aliphatic carbocycles. The van der Waals surface area contributed by atoms with Gasteiger partial charge in [-0.3, -0.25) is 9.59 Å². The normalized spacial score (nSPS) is 13.4. The number of carbonyl (C=O) groups is 3. The van der Waals surface area contributed by atoms with E-state index in [1.54, 1.807) is 6.92 Å². The monoisotopic (exact) mass is 476 g/mol. The number of rotatable bonds is 10. The zero-order valence-electron chi connectivity index (χ0n) is 20.0. The van der Waals surface area contributed by atoms with Crippen molar-refractivity contribution in [3.63, 3.8) is 0 Å². The third-order valence-electron chi connectivity index (χ3n) is 4.76. The molecule has 1 aromatic carbocycles. The first-order valence-electron chi connectivity index (χ1n) is 10.7. The Morgan fingerprint density at radius 1 is 1.03 bits per heavy atom. The first kappa shape index (κ1) is 26.6. The summed E-state index contributed by atoms with van der Waals surface area (Å²) in [6.07, 6.45) is 0.114. The number of halogens is 1. The fraction of sp³-hybridized carbons (Fsp3) is 0.417. The highest BCUT2D eigenvalue weighted by Gasteiger charge is 2.30. The zero-order chi connectivity index (χ0) is 25.4. The SMILES string of the molecule is COc1ccnc(C(=O)N[C@@H](C)C(=O)O[C@@H](C)[C@H](Oc2ccc(F)cc2)C(C)C)c1OC(C)=O. The standard InChI is InChI=1S/C24H29FN2O7/c1-13(2)21(34-18-9-7-17(25)8-10-18)15(4)32-24(30)14(3)27-23(29)20-22(33-16(5)28)19(31-6)11-12-26-20/h7-15,21H,1-6H3,(H,27,29)/t14-,15-,21+/m0/s1. The second-order valence-electron chi connectivity index (χ2n) is 7.90. The molecule has 0 fully saturated rings. The Bertz CT molecular complexity index is 1010. The van der Waals surface area contributed by atoms with Crippen molar-refractivity contribution in [1.82, 2.24) is 10.3 Å². The smallest absolute Gasteiger partial charge is 0.328 e. The van der Waals surface area contributed by atoms with Crippen LogP contribution in [-0.2, 0) is 14.3 Å². The van der Waals surface area contributed by atoms with E-state index in [-0.39, 0.29) is 28.9 Å². The molecule has 3 atom stereocenters. The summed E-state index contributed by atoms with van der Waals surface area (Å²) < 4.78 is 34.8. The number of aromatic nitrogens is 1. The summed E-state index contributed by atoms with van der Waals surface area (Å²) in [5.74, 6) is -2.13. The molecular weight excluding hydrogens is 447 g/mol. The van der Waals surface area contributed by atoms with Crippen LogP contribution in [0.1, 0.15) is 45.1 Å². The van der Waals surface area contributed by atoms with Gasteiger partial charge in [0.2, 0.25) is 5.75 Å². The van der Waals surface area contributed by atoms with Crippen LogP contribution in [0.15, 0.2) is 36.5 Å². The maximum Gasteiger partial charge on any atom is 0.328 e. The van der Waals surface area contributed by atoms with Crippen molar-refractivity contribution in [2.75, 3.05) is 7.11 Å². The molecule has 10 heteroatoms. The predicted octanol–water partition coefficient (Wildman–Crippen LogP) is 3.31. The van der Waals surface area contributed by atoms with E-state index >= 15 is 0 Å². The largest absolute Gasteiger partial charge is 0.493 e. The van der Waals surface area contributed by atoms with Gasteiger partial charge in [0, 0.05) is 19.2 Å². The van der Waals surface area contributed by atoms with Crippen LogP contribution in [0.4, 0.5) is 4.39 Å². The molecule has 1 aromatic heterocycles. The van der Waals surface area contributed by atoms with Crippen LogP contribution in [-0.4, -0.2) is 48.2 Å². The lowest BCUT2D eigenvalue weighted by Gasteiger charge is -2.29. The molecule has 0 saturated carbocycles. The molecule has 0 bridgehead atoms. The molecule has 0 saturated heterocycles. The lowest BCUT2D eigenvalue weighted by molar-refractivity contribution is -0.155. The number of methoxy groups -OCH3 is 1. The van der Waals surface area contributed by atoms with Gasteiger partial charge in [0.15, 0.2) is 11.4 Å². The molecule has 0 aliphatic heterocycles. The van der Waals surface area contributed by atoms with Crippen molar-refractivity contribution in [2.45, 2.75) is 52.9 Å². The van der Waals surface area contributed by atoms with E-state index in [1.807, 2.05) is 13.8 Å². The minimum absolute atomic E-state index is 0.0370. The van der Waals surface area contributed by atoms with E-state index in [4.69, 9.17) is 18.9 Å². The molecule has 1 amide bonds. The summed E-state index contributed by atoms with van der Waals surface area (Å²) >= 11 is 0. The van der Waals surface area contributed by atoms with Crippen molar-refractivity contribution in [3.05, 3.63) is 48.0 Å². The minimum atomic E-state index is -1.05. The number of pyridine rings is 1. The number of benzene rings is 1. The van der Waals surface area contributed by atoms with Crippen LogP contribution in [0, 0.1) is 11.7 Å². The Hall–Kier alpha value is -3.69. The Labute approximate surface area is 197 Å². The number of ether oxygens (including phenoxy) is 4. The van der Waals surface area contributed by atoms with Crippen LogP contribution in [0.25, 0.3) is 0 Å². The average Bonchev–Trinajstić information content (AvgIpc) is 2.77. The quantitative estimate of drug-likeness (QED) is 0.520. The highest BCUT2D eigenvalue weighted by molar-refractivity contribution is 5.98. The van der Waals surface area contributed by atoms with Crippen molar-refractivity contribution in [2.24, 2.45) is 5.92 Å². The fourth-order valence-corrected chi connectivity index (χ4v) is 3.12. The molecule has 0 aliphatic rings. The summed E-state index contributed by atoms with van der Waals surface area (Å²) in [6, 6.07) is 5.91. The highest BCUT2D eigenvalue weighted by Crippen LogP contribution is 2.29. The van der Waals surface area contributed by atoms with Crippen molar-refractivity contribution in [3.8, 4) is 17.2 Å². The molecule has 9 nitrogen and oxygen atoms in total. The van der Waals surface area contributed by atoms with Crippen molar-refractivity contribution in [1.29, 1.82) is 0 Å². The number of esters is 2. The van der Waals surface area contributed by atoms with Gasteiger partial charge in [-0.15, -0.1) is 0 Å². The van der Waals surface area contributed by atoms with Gasteiger partial charge in [0.05, 0.1) is 7.11 Å². The maximum atomic E-state index is 13.2. The molecule has 2 rings (SSSR count). The lowest BCUT2D eigenvalue weighted by Crippen LogP contribution is -2.44. The summed E-state index contributed by atoms with van der Waals surface area (Å²) in [6.45, 7) is 8.09. The summed E-state index contributed by atoms with van der Waals surface area (Å²) in [7, 11) is 1.35. The van der Waals surface area contributed by atoms with Gasteiger partial charge in [0.1, 0.15) is 29.8 Å². The fourth-order valence-electron chi connectivity index (χ4n) is 3.12. The molecule has 2 aromatic rings. The summed E-state index contributed by atoms with van der Waals surface area (Å²) in [5, 5.41) is 2.49. The van der Waals surface area contributed by atoms with Crippen LogP contribution < -0.4 is 19.5 Å². The average molecular weight is 477 g/mol. The Kier molecular flexibility index (Phi) is 9.35. The van der Waals surface area contributed by atoms with E-state index in [0.29, 0.717) is 5.75 Å². The number of hydrogen-bond donors (Lipinski definition) is 1. The van der Waals surface area contributed by atoms with E-state index in [0.717, 1.165) is 0 Å². The van der Waals surface area contributed by atoms with Crippen molar-refractivity contribution >= 4 is 17.8 Å². The lowest BCUT2D eigenvalue weighted by atomic mass is 10.0. The maximum absolute atomic E-state index is 13.2. The second kappa shape index (κ2) is 12.0. The number of carbonyl (C=O) groups excluding carboxylic acids is 3. The van der Waals surface area contributed by atoms with Crippen LogP contribution in [0.3, 0.4) is 0 Å². The number of amides is 1. The molecule has 0 radical (unpaired) electrons. The molecule has 34 heavy (non-hydrogen) atoms. The highest BCUT2D eigenvalue weighted by atomic mass is 19.1. The topological polar surface area (TPSA) is 113 Å². The first-order chi connectivity index (χ1) is 16.0. The Balaban J connectivity index is 2.08. The van der Waals surface area contributed by atoms with E-state index in [1.165, 1.54) is 57.5 Å². The first-order valence-corrected chi connectivity index (χ1v) is 10.7. The van der Waals surface area contributed by atoms with Crippen LogP contribution >= 0.6 is 0 Å². The molecule has 0 unspecified atom stereocenters. The van der Waals surface area contributed by atoms with Gasteiger partial charge in [-0.2, -0.15) is 0 Å². The van der Waals surface area contributed by atoms with Gasteiger partial charge in [0.25, 0.3) is 5.91 Å². The minimum Gasteiger partial charge on any atom is -0.493 e. The summed E-state index contributed by atoms with van der Waals surface area (Å²) in [4.78, 5) is 40.8. The molecule has 0 spiro atoms.